The van der Waals surface area contributed by atoms with Gasteiger partial charge in [-0.25, -0.2) is 0 Å². The lowest BCUT2D eigenvalue weighted by atomic mass is 10.3. The first-order chi connectivity index (χ1) is 6.58. The van der Waals surface area contributed by atoms with Crippen LogP contribution >= 0.6 is 0 Å². The number of rotatable bonds is 1. The highest BCUT2D eigenvalue weighted by Crippen LogP contribution is 2.19. The third-order valence-electron chi connectivity index (χ3n) is 2.24. The van der Waals surface area contributed by atoms with Gasteiger partial charge in [-0.1, -0.05) is 0 Å². The van der Waals surface area contributed by atoms with E-state index in [1.54, 1.807) is 17.8 Å². The van der Waals surface area contributed by atoms with Crippen molar-refractivity contribution in [1.29, 1.82) is 0 Å². The largest absolute Gasteiger partial charge is 0.297 e. The molecule has 1 aromatic heterocycles. The van der Waals surface area contributed by atoms with E-state index in [9.17, 15) is 9.59 Å². The molecule has 0 saturated carbocycles. The summed E-state index contributed by atoms with van der Waals surface area (Å²) < 4.78 is 1.62. The van der Waals surface area contributed by atoms with Crippen molar-refractivity contribution >= 4 is 17.5 Å². The number of carbonyl (C=O) groups excluding carboxylic acids is 2. The van der Waals surface area contributed by atoms with Crippen LogP contribution in [0.1, 0.15) is 12.1 Å². The van der Waals surface area contributed by atoms with Gasteiger partial charge in [0.25, 0.3) is 0 Å². The fraction of sp³-hybridized carbons (Fsp3) is 0.444. The van der Waals surface area contributed by atoms with Crippen molar-refractivity contribution in [1.82, 2.24) is 9.78 Å². The molecular formula is C9H11N3O2. The van der Waals surface area contributed by atoms with E-state index in [0.717, 1.165) is 5.69 Å². The third-order valence-corrected chi connectivity index (χ3v) is 2.24. The van der Waals surface area contributed by atoms with Gasteiger partial charge in [0.05, 0.1) is 18.7 Å². The summed E-state index contributed by atoms with van der Waals surface area (Å²) in [7, 11) is 1.76. The van der Waals surface area contributed by atoms with Gasteiger partial charge in [-0.05, 0) is 6.92 Å². The number of aromatic nitrogens is 2. The molecule has 0 spiro atoms. The predicted octanol–water partition coefficient (Wildman–Crippen LogP) is 0.0343. The van der Waals surface area contributed by atoms with Crippen molar-refractivity contribution in [2.45, 2.75) is 13.3 Å². The number of carbonyl (C=O) groups is 2. The molecule has 2 heterocycles. The minimum absolute atomic E-state index is 0.0181. The second kappa shape index (κ2) is 2.94. The average molecular weight is 193 g/mol. The Kier molecular flexibility index (Phi) is 1.87. The van der Waals surface area contributed by atoms with Gasteiger partial charge in [0, 0.05) is 13.1 Å². The molecule has 0 aliphatic carbocycles. The van der Waals surface area contributed by atoms with Crippen LogP contribution in [-0.4, -0.2) is 28.0 Å². The van der Waals surface area contributed by atoms with Crippen molar-refractivity contribution in [3.05, 3.63) is 11.8 Å². The van der Waals surface area contributed by atoms with Gasteiger partial charge in [0.15, 0.2) is 5.78 Å². The maximum atomic E-state index is 11.4. The molecule has 2 rings (SSSR count). The van der Waals surface area contributed by atoms with Crippen molar-refractivity contribution in [3.63, 3.8) is 0 Å². The van der Waals surface area contributed by atoms with Crippen LogP contribution < -0.4 is 4.90 Å². The zero-order valence-electron chi connectivity index (χ0n) is 8.15. The Bertz CT molecular complexity index is 408. The quantitative estimate of drug-likeness (QED) is 0.591. The summed E-state index contributed by atoms with van der Waals surface area (Å²) in [6, 6.07) is 1.80. The van der Waals surface area contributed by atoms with Crippen LogP contribution in [0.25, 0.3) is 0 Å². The van der Waals surface area contributed by atoms with Gasteiger partial charge in [0.1, 0.15) is 5.82 Å². The van der Waals surface area contributed by atoms with Crippen molar-refractivity contribution in [3.8, 4) is 0 Å². The zero-order chi connectivity index (χ0) is 10.3. The molecule has 1 amide bonds. The average Bonchev–Trinajstić information content (AvgIpc) is 2.55. The molecule has 0 unspecified atom stereocenters. The van der Waals surface area contributed by atoms with Crippen LogP contribution in [0.15, 0.2) is 6.07 Å². The number of hydrogen-bond donors (Lipinski definition) is 0. The summed E-state index contributed by atoms with van der Waals surface area (Å²) in [5, 5.41) is 4.13. The maximum Gasteiger partial charge on any atom is 0.236 e. The van der Waals surface area contributed by atoms with E-state index >= 15 is 0 Å². The number of hydrogen-bond acceptors (Lipinski definition) is 3. The number of nitrogens with zero attached hydrogens (tertiary/aromatic N) is 3. The Balaban J connectivity index is 2.36. The Morgan fingerprint density at radius 3 is 2.57 bits per heavy atom. The van der Waals surface area contributed by atoms with Crippen LogP contribution in [-0.2, 0) is 16.6 Å². The van der Waals surface area contributed by atoms with Crippen molar-refractivity contribution < 1.29 is 9.59 Å². The van der Waals surface area contributed by atoms with E-state index in [2.05, 4.69) is 5.10 Å². The number of anilines is 1. The molecule has 0 bridgehead atoms. The standard InChI is InChI=1S/C9H11N3O2/c1-6-3-8(11(2)10-6)12-5-7(13)4-9(12)14/h3H,4-5H2,1-2H3. The molecule has 0 aromatic carbocycles. The second-order valence-electron chi connectivity index (χ2n) is 3.46. The Morgan fingerprint density at radius 2 is 2.14 bits per heavy atom. The first-order valence-electron chi connectivity index (χ1n) is 4.40. The van der Waals surface area contributed by atoms with E-state index in [-0.39, 0.29) is 24.7 Å². The van der Waals surface area contributed by atoms with Gasteiger partial charge < -0.3 is 0 Å². The molecule has 5 heteroatoms. The molecular weight excluding hydrogens is 182 g/mol. The van der Waals surface area contributed by atoms with Gasteiger partial charge in [-0.2, -0.15) is 5.10 Å². The molecule has 1 fully saturated rings. The van der Waals surface area contributed by atoms with Crippen LogP contribution in [0.3, 0.4) is 0 Å². The number of ketones is 1. The summed E-state index contributed by atoms with van der Waals surface area (Å²) in [6.07, 6.45) is 0.0181. The van der Waals surface area contributed by atoms with Gasteiger partial charge in [0.2, 0.25) is 5.91 Å². The zero-order valence-corrected chi connectivity index (χ0v) is 8.15. The first kappa shape index (κ1) is 8.93. The second-order valence-corrected chi connectivity index (χ2v) is 3.46. The molecule has 1 saturated heterocycles. The molecule has 0 radical (unpaired) electrons. The summed E-state index contributed by atoms with van der Waals surface area (Å²) in [5.74, 6) is 0.519. The topological polar surface area (TPSA) is 55.2 Å². The number of aryl methyl sites for hydroxylation is 2. The Morgan fingerprint density at radius 1 is 1.43 bits per heavy atom. The van der Waals surface area contributed by atoms with Crippen LogP contribution in [0, 0.1) is 6.92 Å². The highest BCUT2D eigenvalue weighted by Gasteiger charge is 2.30. The molecule has 1 aliphatic rings. The molecule has 1 aromatic rings. The molecule has 0 N–H and O–H groups in total. The summed E-state index contributed by atoms with van der Waals surface area (Å²) in [4.78, 5) is 23.9. The van der Waals surface area contributed by atoms with Gasteiger partial charge >= 0.3 is 0 Å². The van der Waals surface area contributed by atoms with Crippen molar-refractivity contribution in [2.75, 3.05) is 11.4 Å². The van der Waals surface area contributed by atoms with Crippen molar-refractivity contribution in [2.24, 2.45) is 7.05 Å². The van der Waals surface area contributed by atoms with E-state index in [1.165, 1.54) is 4.90 Å². The fourth-order valence-corrected chi connectivity index (χ4v) is 1.64. The van der Waals surface area contributed by atoms with Gasteiger partial charge in [-0.3, -0.25) is 19.2 Å². The molecule has 74 valence electrons. The van der Waals surface area contributed by atoms with Crippen LogP contribution in [0.4, 0.5) is 5.82 Å². The minimum atomic E-state index is -0.141. The fourth-order valence-electron chi connectivity index (χ4n) is 1.64. The predicted molar refractivity (Wildman–Crippen MR) is 49.9 cm³/mol. The van der Waals surface area contributed by atoms with E-state index in [4.69, 9.17) is 0 Å². The van der Waals surface area contributed by atoms with Gasteiger partial charge in [-0.15, -0.1) is 0 Å². The number of amides is 1. The van der Waals surface area contributed by atoms with Crippen LogP contribution in [0.2, 0.25) is 0 Å². The van der Waals surface area contributed by atoms with Crippen LogP contribution in [0.5, 0.6) is 0 Å². The molecule has 5 nitrogen and oxygen atoms in total. The highest BCUT2D eigenvalue weighted by molar-refractivity contribution is 6.14. The smallest absolute Gasteiger partial charge is 0.236 e. The molecule has 0 atom stereocenters. The SMILES string of the molecule is Cc1cc(N2CC(=O)CC2=O)n(C)n1. The number of Topliss-reactive ketones (excluding diaryl/α,β-unsaturated/α-hetero) is 1. The lowest BCUT2D eigenvalue weighted by Gasteiger charge is -2.13. The summed E-state index contributed by atoms with van der Waals surface area (Å²) >= 11 is 0. The first-order valence-corrected chi connectivity index (χ1v) is 4.40. The Hall–Kier alpha value is -1.65. The minimum Gasteiger partial charge on any atom is -0.297 e. The summed E-state index contributed by atoms with van der Waals surface area (Å²) in [5.41, 5.74) is 0.842. The monoisotopic (exact) mass is 193 g/mol. The maximum absolute atomic E-state index is 11.4. The Labute approximate surface area is 81.3 Å². The summed E-state index contributed by atoms with van der Waals surface area (Å²) in [6.45, 7) is 2.03. The highest BCUT2D eigenvalue weighted by atomic mass is 16.2. The van der Waals surface area contributed by atoms with E-state index < -0.39 is 0 Å². The lowest BCUT2D eigenvalue weighted by molar-refractivity contribution is -0.121. The molecule has 14 heavy (non-hydrogen) atoms. The normalized spacial score (nSPS) is 16.9. The lowest BCUT2D eigenvalue weighted by Crippen LogP contribution is -2.26. The third kappa shape index (κ3) is 1.30. The van der Waals surface area contributed by atoms with E-state index in [1.807, 2.05) is 6.92 Å². The molecule has 1 aliphatic heterocycles. The van der Waals surface area contributed by atoms with E-state index in [0.29, 0.717) is 5.82 Å².